The molecular weight excluding hydrogens is 266 g/mol. The lowest BCUT2D eigenvalue weighted by atomic mass is 10.2. The zero-order valence-corrected chi connectivity index (χ0v) is 9.99. The number of carbonyl (C=O) groups is 1. The monoisotopic (exact) mass is 273 g/mol. The highest BCUT2D eigenvalue weighted by Crippen LogP contribution is 2.38. The van der Waals surface area contributed by atoms with Gasteiger partial charge in [-0.2, -0.15) is 0 Å². The van der Waals surface area contributed by atoms with E-state index < -0.39 is 21.8 Å². The number of fused-ring (bicyclic) bond motifs is 1. The number of aliphatic carboxylic acids is 1. The minimum atomic E-state index is -3.90. The number of rotatable bonds is 2. The molecule has 1 aromatic rings. The summed E-state index contributed by atoms with van der Waals surface area (Å²) in [5.74, 6) is -1.40. The Morgan fingerprint density at radius 1 is 1.41 bits per heavy atom. The van der Waals surface area contributed by atoms with Gasteiger partial charge in [0.25, 0.3) is 0 Å². The van der Waals surface area contributed by atoms with Gasteiger partial charge in [-0.05, 0) is 17.7 Å². The number of carboxylic acids is 1. The summed E-state index contributed by atoms with van der Waals surface area (Å²) in [5, 5.41) is 8.82. The minimum absolute atomic E-state index is 0.0614. The molecule has 5 nitrogen and oxygen atoms in total. The van der Waals surface area contributed by atoms with E-state index in [4.69, 9.17) is 22.4 Å². The van der Waals surface area contributed by atoms with Gasteiger partial charge in [-0.3, -0.25) is 4.79 Å². The van der Waals surface area contributed by atoms with E-state index >= 15 is 0 Å². The van der Waals surface area contributed by atoms with E-state index in [1.807, 2.05) is 0 Å². The fraction of sp³-hybridized carbons (Fsp3) is 0.100. The van der Waals surface area contributed by atoms with Crippen LogP contribution in [-0.2, 0) is 14.6 Å². The second kappa shape index (κ2) is 3.83. The molecule has 0 fully saturated rings. The molecule has 1 aliphatic rings. The van der Waals surface area contributed by atoms with Crippen LogP contribution in [0.5, 0.6) is 0 Å². The van der Waals surface area contributed by atoms with Gasteiger partial charge in [0.05, 0.1) is 14.8 Å². The molecule has 0 spiro atoms. The van der Waals surface area contributed by atoms with Crippen molar-refractivity contribution in [1.82, 2.24) is 0 Å². The SMILES string of the molecule is NC(C(=O)O)C1=Cc2cccc(Cl)c2S1(=O)=O. The number of carboxylic acid groups (broad SMARTS) is 1. The van der Waals surface area contributed by atoms with Gasteiger partial charge in [0.1, 0.15) is 6.04 Å². The summed E-state index contributed by atoms with van der Waals surface area (Å²) in [6.45, 7) is 0. The fourth-order valence-corrected chi connectivity index (χ4v) is 3.85. The smallest absolute Gasteiger partial charge is 0.325 e. The number of sulfone groups is 1. The van der Waals surface area contributed by atoms with Crippen molar-refractivity contribution in [3.63, 3.8) is 0 Å². The third kappa shape index (κ3) is 1.74. The molecule has 90 valence electrons. The van der Waals surface area contributed by atoms with Crippen molar-refractivity contribution in [2.45, 2.75) is 10.9 Å². The lowest BCUT2D eigenvalue weighted by molar-refractivity contribution is -0.137. The summed E-state index contributed by atoms with van der Waals surface area (Å²) in [5.41, 5.74) is 5.70. The van der Waals surface area contributed by atoms with Gasteiger partial charge < -0.3 is 10.8 Å². The second-order valence-corrected chi connectivity index (χ2v) is 5.82. The van der Waals surface area contributed by atoms with E-state index in [9.17, 15) is 13.2 Å². The summed E-state index contributed by atoms with van der Waals surface area (Å²) in [4.78, 5) is 10.3. The molecule has 1 heterocycles. The van der Waals surface area contributed by atoms with Crippen molar-refractivity contribution >= 4 is 33.5 Å². The van der Waals surface area contributed by atoms with Crippen LogP contribution in [0.2, 0.25) is 5.02 Å². The molecule has 0 saturated carbocycles. The van der Waals surface area contributed by atoms with E-state index in [1.54, 1.807) is 12.1 Å². The van der Waals surface area contributed by atoms with Crippen molar-refractivity contribution in [2.75, 3.05) is 0 Å². The first kappa shape index (κ1) is 12.1. The summed E-state index contributed by atoms with van der Waals surface area (Å²) in [6, 6.07) is 2.98. The molecule has 0 bridgehead atoms. The lowest BCUT2D eigenvalue weighted by Crippen LogP contribution is -2.34. The van der Waals surface area contributed by atoms with Gasteiger partial charge in [-0.15, -0.1) is 0 Å². The number of benzene rings is 1. The Bertz CT molecular complexity index is 636. The number of nitrogens with two attached hydrogens (primary N) is 1. The van der Waals surface area contributed by atoms with Crippen molar-refractivity contribution in [2.24, 2.45) is 5.73 Å². The number of hydrogen-bond donors (Lipinski definition) is 2. The van der Waals surface area contributed by atoms with Crippen LogP contribution in [0.15, 0.2) is 28.0 Å². The molecule has 7 heteroatoms. The third-order valence-corrected chi connectivity index (χ3v) is 4.86. The van der Waals surface area contributed by atoms with Crippen LogP contribution in [0.3, 0.4) is 0 Å². The maximum atomic E-state index is 12.1. The van der Waals surface area contributed by atoms with Crippen molar-refractivity contribution in [3.05, 3.63) is 33.7 Å². The molecule has 0 amide bonds. The lowest BCUT2D eigenvalue weighted by Gasteiger charge is -2.08. The van der Waals surface area contributed by atoms with Gasteiger partial charge in [-0.25, -0.2) is 8.42 Å². The summed E-state index contributed by atoms with van der Waals surface area (Å²) < 4.78 is 24.1. The Morgan fingerprint density at radius 2 is 2.06 bits per heavy atom. The molecule has 1 atom stereocenters. The predicted octanol–water partition coefficient (Wildman–Crippen LogP) is 0.880. The quantitative estimate of drug-likeness (QED) is 0.834. The molecular formula is C10H8ClNO4S. The first-order valence-corrected chi connectivity index (χ1v) is 6.45. The molecule has 0 radical (unpaired) electrons. The first-order chi connectivity index (χ1) is 7.85. The van der Waals surface area contributed by atoms with Gasteiger partial charge >= 0.3 is 5.97 Å². The predicted molar refractivity (Wildman–Crippen MR) is 62.2 cm³/mol. The highest BCUT2D eigenvalue weighted by Gasteiger charge is 2.37. The molecule has 1 aliphatic heterocycles. The molecule has 17 heavy (non-hydrogen) atoms. The zero-order valence-electron chi connectivity index (χ0n) is 8.42. The molecule has 3 N–H and O–H groups in total. The van der Waals surface area contributed by atoms with E-state index in [0.29, 0.717) is 5.56 Å². The summed E-state index contributed by atoms with van der Waals surface area (Å²) >= 11 is 5.80. The first-order valence-electron chi connectivity index (χ1n) is 4.59. The molecule has 0 aromatic heterocycles. The van der Waals surface area contributed by atoms with Gasteiger partial charge in [0.2, 0.25) is 9.84 Å². The average molecular weight is 274 g/mol. The highest BCUT2D eigenvalue weighted by atomic mass is 35.5. The normalized spacial score (nSPS) is 18.4. The van der Waals surface area contributed by atoms with Gasteiger partial charge in [0, 0.05) is 0 Å². The van der Waals surface area contributed by atoms with Crippen LogP contribution < -0.4 is 5.73 Å². The Hall–Kier alpha value is -1.37. The summed E-state index contributed by atoms with van der Waals surface area (Å²) in [7, 11) is -3.90. The maximum Gasteiger partial charge on any atom is 0.325 e. The standard InChI is InChI=1S/C10H8ClNO4S/c11-6-3-1-2-5-4-7(8(12)10(13)14)17(15,16)9(5)6/h1-4,8H,12H2,(H,13,14). The van der Waals surface area contributed by atoms with Gasteiger partial charge in [0.15, 0.2) is 0 Å². The van der Waals surface area contributed by atoms with Crippen molar-refractivity contribution < 1.29 is 18.3 Å². The molecule has 0 aliphatic carbocycles. The van der Waals surface area contributed by atoms with E-state index in [1.165, 1.54) is 12.1 Å². The van der Waals surface area contributed by atoms with Crippen LogP contribution in [0.25, 0.3) is 6.08 Å². The topological polar surface area (TPSA) is 97.5 Å². The molecule has 0 saturated heterocycles. The highest BCUT2D eigenvalue weighted by molar-refractivity contribution is 7.96. The Morgan fingerprint density at radius 3 is 2.59 bits per heavy atom. The zero-order chi connectivity index (χ0) is 12.8. The summed E-state index contributed by atoms with van der Waals surface area (Å²) in [6.07, 6.45) is 1.25. The second-order valence-electron chi connectivity index (χ2n) is 3.52. The van der Waals surface area contributed by atoms with Gasteiger partial charge in [-0.1, -0.05) is 23.7 Å². The van der Waals surface area contributed by atoms with Crippen molar-refractivity contribution in [3.8, 4) is 0 Å². The van der Waals surface area contributed by atoms with Crippen LogP contribution in [-0.4, -0.2) is 25.5 Å². The Kier molecular flexibility index (Phi) is 2.73. The van der Waals surface area contributed by atoms with E-state index in [-0.39, 0.29) is 14.8 Å². The largest absolute Gasteiger partial charge is 0.480 e. The Balaban J connectivity index is 2.66. The van der Waals surface area contributed by atoms with Crippen LogP contribution in [0.4, 0.5) is 0 Å². The molecule has 1 aromatic carbocycles. The minimum Gasteiger partial charge on any atom is -0.480 e. The number of hydrogen-bond acceptors (Lipinski definition) is 4. The third-order valence-electron chi connectivity index (χ3n) is 2.45. The molecule has 1 unspecified atom stereocenters. The maximum absolute atomic E-state index is 12.1. The Labute approximate surface area is 102 Å². The molecule has 2 rings (SSSR count). The average Bonchev–Trinajstić information content (AvgIpc) is 2.50. The van der Waals surface area contributed by atoms with E-state index in [2.05, 4.69) is 0 Å². The van der Waals surface area contributed by atoms with E-state index in [0.717, 1.165) is 0 Å². The van der Waals surface area contributed by atoms with Crippen LogP contribution in [0, 0.1) is 0 Å². The van der Waals surface area contributed by atoms with Crippen LogP contribution in [0.1, 0.15) is 5.56 Å². The van der Waals surface area contributed by atoms with Crippen LogP contribution >= 0.6 is 11.6 Å². The fourth-order valence-electron chi connectivity index (χ4n) is 1.65. The number of halogens is 1. The van der Waals surface area contributed by atoms with Crippen molar-refractivity contribution in [1.29, 1.82) is 0 Å².